The Kier molecular flexibility index (Phi) is 1.95. The normalized spacial score (nSPS) is 9.93. The van der Waals surface area contributed by atoms with Gasteiger partial charge < -0.3 is 5.73 Å². The first-order valence-corrected chi connectivity index (χ1v) is 3.97. The second-order valence-corrected chi connectivity index (χ2v) is 2.66. The number of nitrogens with zero attached hydrogens (tertiary/aromatic N) is 4. The Hall–Kier alpha value is -2.22. The topological polar surface area (TPSA) is 77.6 Å². The minimum atomic E-state index is 0.200. The van der Waals surface area contributed by atoms with Gasteiger partial charge in [0, 0.05) is 0 Å². The molecule has 0 aliphatic heterocycles. The molecule has 68 valence electrons. The number of fused-ring (bicyclic) bond motifs is 1. The molecule has 0 amide bonds. The molecular weight excluding hydrogens is 178 g/mol. The number of nitrogen functional groups attached to an aromatic ring is 1. The monoisotopic (exact) mass is 185 g/mol. The van der Waals surface area contributed by atoms with Gasteiger partial charge in [0.25, 0.3) is 0 Å². The van der Waals surface area contributed by atoms with Gasteiger partial charge in [-0.25, -0.2) is 19.9 Å². The summed E-state index contributed by atoms with van der Waals surface area (Å²) in [5.74, 6) is 2.70. The van der Waals surface area contributed by atoms with Gasteiger partial charge in [-0.1, -0.05) is 0 Å². The van der Waals surface area contributed by atoms with Gasteiger partial charge in [0.2, 0.25) is 5.95 Å². The van der Waals surface area contributed by atoms with E-state index in [1.54, 1.807) is 6.20 Å². The molecule has 0 saturated carbocycles. The van der Waals surface area contributed by atoms with Gasteiger partial charge in [-0.2, -0.15) is 0 Å². The van der Waals surface area contributed by atoms with Crippen molar-refractivity contribution in [1.29, 1.82) is 0 Å². The summed E-state index contributed by atoms with van der Waals surface area (Å²) < 4.78 is 0. The zero-order chi connectivity index (χ0) is 9.97. The molecule has 0 fully saturated rings. The van der Waals surface area contributed by atoms with Crippen LogP contribution in [0.15, 0.2) is 12.5 Å². The molecular formula is C9H7N5. The zero-order valence-electron chi connectivity index (χ0n) is 7.31. The van der Waals surface area contributed by atoms with Gasteiger partial charge in [0.1, 0.15) is 17.4 Å². The number of terminal acetylenes is 1. The molecule has 0 radical (unpaired) electrons. The molecule has 2 rings (SSSR count). The molecule has 0 bridgehead atoms. The van der Waals surface area contributed by atoms with Crippen LogP contribution in [0.25, 0.3) is 11.0 Å². The minimum absolute atomic E-state index is 0.200. The van der Waals surface area contributed by atoms with Crippen molar-refractivity contribution in [1.82, 2.24) is 19.9 Å². The SMILES string of the molecule is C#CCc1ncnc2cnc(N)nc12. The summed E-state index contributed by atoms with van der Waals surface area (Å²) >= 11 is 0. The summed E-state index contributed by atoms with van der Waals surface area (Å²) in [4.78, 5) is 15.9. The molecule has 0 unspecified atom stereocenters. The van der Waals surface area contributed by atoms with Crippen LogP contribution in [0.4, 0.5) is 5.95 Å². The van der Waals surface area contributed by atoms with Crippen molar-refractivity contribution in [2.24, 2.45) is 0 Å². The van der Waals surface area contributed by atoms with E-state index in [2.05, 4.69) is 25.9 Å². The lowest BCUT2D eigenvalue weighted by Crippen LogP contribution is -1.99. The van der Waals surface area contributed by atoms with Crippen molar-refractivity contribution in [2.75, 3.05) is 5.73 Å². The van der Waals surface area contributed by atoms with Crippen LogP contribution in [0, 0.1) is 12.3 Å². The standard InChI is InChI=1S/C9H7N5/c1-2-3-6-8-7(13-5-12-6)4-11-9(10)14-8/h1,4-5H,3H2,(H2,10,11,14). The van der Waals surface area contributed by atoms with Crippen LogP contribution >= 0.6 is 0 Å². The molecule has 0 aliphatic carbocycles. The average molecular weight is 185 g/mol. The molecule has 0 aromatic carbocycles. The van der Waals surface area contributed by atoms with Crippen molar-refractivity contribution >= 4 is 17.0 Å². The molecule has 5 nitrogen and oxygen atoms in total. The number of hydrogen-bond donors (Lipinski definition) is 1. The van der Waals surface area contributed by atoms with Crippen LogP contribution in [-0.2, 0) is 6.42 Å². The Bertz CT molecular complexity index is 514. The molecule has 2 N–H and O–H groups in total. The van der Waals surface area contributed by atoms with Gasteiger partial charge >= 0.3 is 0 Å². The third-order valence-corrected chi connectivity index (χ3v) is 1.74. The Balaban J connectivity index is 2.72. The fraction of sp³-hybridized carbons (Fsp3) is 0.111. The average Bonchev–Trinajstić information content (AvgIpc) is 2.19. The van der Waals surface area contributed by atoms with Crippen LogP contribution in [0.3, 0.4) is 0 Å². The van der Waals surface area contributed by atoms with Crippen molar-refractivity contribution in [3.8, 4) is 12.3 Å². The van der Waals surface area contributed by atoms with E-state index >= 15 is 0 Å². The van der Waals surface area contributed by atoms with Crippen molar-refractivity contribution in [2.45, 2.75) is 6.42 Å². The molecule has 0 atom stereocenters. The van der Waals surface area contributed by atoms with E-state index < -0.39 is 0 Å². The van der Waals surface area contributed by atoms with E-state index in [1.807, 2.05) is 0 Å². The lowest BCUT2D eigenvalue weighted by atomic mass is 10.2. The highest BCUT2D eigenvalue weighted by molar-refractivity contribution is 5.76. The highest BCUT2D eigenvalue weighted by Gasteiger charge is 2.04. The minimum Gasteiger partial charge on any atom is -0.368 e. The van der Waals surface area contributed by atoms with E-state index in [1.165, 1.54) is 6.33 Å². The van der Waals surface area contributed by atoms with Gasteiger partial charge in [0.05, 0.1) is 18.3 Å². The van der Waals surface area contributed by atoms with Crippen LogP contribution in [0.5, 0.6) is 0 Å². The molecule has 0 spiro atoms. The summed E-state index contributed by atoms with van der Waals surface area (Å²) in [7, 11) is 0. The second-order valence-electron chi connectivity index (χ2n) is 2.66. The highest BCUT2D eigenvalue weighted by atomic mass is 15.0. The molecule has 2 aromatic heterocycles. The van der Waals surface area contributed by atoms with Crippen LogP contribution in [0.2, 0.25) is 0 Å². The summed E-state index contributed by atoms with van der Waals surface area (Å²) in [6.07, 6.45) is 8.61. The van der Waals surface area contributed by atoms with E-state index in [4.69, 9.17) is 12.2 Å². The van der Waals surface area contributed by atoms with E-state index in [-0.39, 0.29) is 5.95 Å². The maximum absolute atomic E-state index is 5.46. The van der Waals surface area contributed by atoms with Crippen molar-refractivity contribution < 1.29 is 0 Å². The Labute approximate surface area is 80.4 Å². The van der Waals surface area contributed by atoms with Crippen molar-refractivity contribution in [3.63, 3.8) is 0 Å². The number of nitrogens with two attached hydrogens (primary N) is 1. The number of hydrogen-bond acceptors (Lipinski definition) is 5. The smallest absolute Gasteiger partial charge is 0.220 e. The summed E-state index contributed by atoms with van der Waals surface area (Å²) in [6, 6.07) is 0. The molecule has 14 heavy (non-hydrogen) atoms. The van der Waals surface area contributed by atoms with Crippen molar-refractivity contribution in [3.05, 3.63) is 18.2 Å². The maximum atomic E-state index is 5.46. The van der Waals surface area contributed by atoms with Crippen LogP contribution in [-0.4, -0.2) is 19.9 Å². The third-order valence-electron chi connectivity index (χ3n) is 1.74. The number of anilines is 1. The third kappa shape index (κ3) is 1.33. The Morgan fingerprint density at radius 3 is 3.00 bits per heavy atom. The van der Waals surface area contributed by atoms with E-state index in [0.29, 0.717) is 23.1 Å². The van der Waals surface area contributed by atoms with Gasteiger partial charge in [-0.15, -0.1) is 12.3 Å². The Morgan fingerprint density at radius 2 is 2.21 bits per heavy atom. The van der Waals surface area contributed by atoms with Gasteiger partial charge in [-0.3, -0.25) is 0 Å². The second kappa shape index (κ2) is 3.26. The zero-order valence-corrected chi connectivity index (χ0v) is 7.31. The Morgan fingerprint density at radius 1 is 1.36 bits per heavy atom. The maximum Gasteiger partial charge on any atom is 0.220 e. The summed E-state index contributed by atoms with van der Waals surface area (Å²) in [6.45, 7) is 0. The fourth-order valence-corrected chi connectivity index (χ4v) is 1.14. The number of aromatic nitrogens is 4. The molecule has 0 saturated heterocycles. The molecule has 0 aliphatic rings. The fourth-order valence-electron chi connectivity index (χ4n) is 1.14. The summed E-state index contributed by atoms with van der Waals surface area (Å²) in [5.41, 5.74) is 7.44. The molecule has 2 heterocycles. The summed E-state index contributed by atoms with van der Waals surface area (Å²) in [5, 5.41) is 0. The molecule has 2 aromatic rings. The predicted molar refractivity (Wildman–Crippen MR) is 52.1 cm³/mol. The number of rotatable bonds is 1. The lowest BCUT2D eigenvalue weighted by molar-refractivity contribution is 1.07. The highest BCUT2D eigenvalue weighted by Crippen LogP contribution is 2.11. The van der Waals surface area contributed by atoms with E-state index in [9.17, 15) is 0 Å². The quantitative estimate of drug-likeness (QED) is 0.641. The molecule has 5 heteroatoms. The first kappa shape index (κ1) is 8.38. The van der Waals surface area contributed by atoms with E-state index in [0.717, 1.165) is 0 Å². The predicted octanol–water partition coefficient (Wildman–Crippen LogP) is 0.178. The van der Waals surface area contributed by atoms with Gasteiger partial charge in [0.15, 0.2) is 0 Å². The van der Waals surface area contributed by atoms with Crippen LogP contribution < -0.4 is 5.73 Å². The first-order chi connectivity index (χ1) is 6.81. The first-order valence-electron chi connectivity index (χ1n) is 3.97. The van der Waals surface area contributed by atoms with Gasteiger partial charge in [-0.05, 0) is 0 Å². The van der Waals surface area contributed by atoms with Crippen LogP contribution in [0.1, 0.15) is 5.69 Å². The largest absolute Gasteiger partial charge is 0.368 e. The lowest BCUT2D eigenvalue weighted by Gasteiger charge is -2.00.